The van der Waals surface area contributed by atoms with Crippen LogP contribution in [0.4, 0.5) is 10.5 Å². The topological polar surface area (TPSA) is 72.9 Å². The van der Waals surface area contributed by atoms with Crippen molar-refractivity contribution in [1.29, 1.82) is 0 Å². The third-order valence-electron chi connectivity index (χ3n) is 4.32. The monoisotopic (exact) mass is 371 g/mol. The van der Waals surface area contributed by atoms with E-state index in [-0.39, 0.29) is 11.6 Å². The molecule has 144 valence electrons. The van der Waals surface area contributed by atoms with Crippen molar-refractivity contribution in [3.63, 3.8) is 0 Å². The fourth-order valence-electron chi connectivity index (χ4n) is 2.92. The van der Waals surface area contributed by atoms with Gasteiger partial charge in [-0.05, 0) is 37.1 Å². The van der Waals surface area contributed by atoms with Gasteiger partial charge in [-0.15, -0.1) is 0 Å². The quantitative estimate of drug-likeness (QED) is 0.788. The fourth-order valence-corrected chi connectivity index (χ4v) is 2.92. The van der Waals surface area contributed by atoms with Gasteiger partial charge in [-0.1, -0.05) is 12.1 Å². The summed E-state index contributed by atoms with van der Waals surface area (Å²) in [5.74, 6) is 1.49. The molecule has 1 aliphatic heterocycles. The van der Waals surface area contributed by atoms with Gasteiger partial charge in [-0.3, -0.25) is 4.84 Å². The number of anilines is 1. The Morgan fingerprint density at radius 3 is 2.85 bits per heavy atom. The lowest BCUT2D eigenvalue weighted by atomic mass is 9.99. The highest BCUT2D eigenvalue weighted by molar-refractivity contribution is 5.88. The minimum Gasteiger partial charge on any atom is -0.487 e. The standard InChI is InChI=1S/C20H25N3O4/c1-20(2)12-15-11-14(5-7-17(15)27-20)9-10-26-18-8-6-16(13-21-18)22-19(24)23(3)25-4/h5-8,11,13H,9-10,12H2,1-4H3,(H,22,24). The molecule has 2 aromatic rings. The third-order valence-corrected chi connectivity index (χ3v) is 4.32. The van der Waals surface area contributed by atoms with Crippen LogP contribution in [0.3, 0.4) is 0 Å². The summed E-state index contributed by atoms with van der Waals surface area (Å²) in [6.07, 6.45) is 3.25. The molecular weight excluding hydrogens is 346 g/mol. The Hall–Kier alpha value is -2.80. The average Bonchev–Trinajstić information content (AvgIpc) is 2.95. The lowest BCUT2D eigenvalue weighted by molar-refractivity contribution is -0.0598. The molecular formula is C20H25N3O4. The van der Waals surface area contributed by atoms with Gasteiger partial charge in [0, 0.05) is 26.0 Å². The molecule has 1 aromatic heterocycles. The molecule has 0 aliphatic carbocycles. The van der Waals surface area contributed by atoms with Gasteiger partial charge in [0.2, 0.25) is 5.88 Å². The first-order chi connectivity index (χ1) is 12.9. The van der Waals surface area contributed by atoms with Crippen LogP contribution in [0.5, 0.6) is 11.6 Å². The Kier molecular flexibility index (Phi) is 5.51. The first kappa shape index (κ1) is 19.0. The number of hydrogen-bond donors (Lipinski definition) is 1. The van der Waals surface area contributed by atoms with Gasteiger partial charge >= 0.3 is 6.03 Å². The number of rotatable bonds is 6. The highest BCUT2D eigenvalue weighted by atomic mass is 16.7. The number of carbonyl (C=O) groups excluding carboxylic acids is 1. The predicted octanol–water partition coefficient (Wildman–Crippen LogP) is 3.44. The highest BCUT2D eigenvalue weighted by Crippen LogP contribution is 2.35. The largest absolute Gasteiger partial charge is 0.487 e. The summed E-state index contributed by atoms with van der Waals surface area (Å²) in [4.78, 5) is 20.7. The second-order valence-corrected chi connectivity index (χ2v) is 7.07. The van der Waals surface area contributed by atoms with Crippen LogP contribution in [0.2, 0.25) is 0 Å². The van der Waals surface area contributed by atoms with Gasteiger partial charge in [-0.25, -0.2) is 14.8 Å². The molecule has 1 aliphatic rings. The molecule has 0 atom stereocenters. The number of fused-ring (bicyclic) bond motifs is 1. The summed E-state index contributed by atoms with van der Waals surface area (Å²) in [6, 6.07) is 9.37. The van der Waals surface area contributed by atoms with E-state index in [1.54, 1.807) is 18.3 Å². The maximum atomic E-state index is 11.7. The van der Waals surface area contributed by atoms with Gasteiger partial charge in [0.15, 0.2) is 0 Å². The Balaban J connectivity index is 1.49. The first-order valence-electron chi connectivity index (χ1n) is 8.85. The van der Waals surface area contributed by atoms with Crippen molar-refractivity contribution in [2.75, 3.05) is 26.1 Å². The molecule has 0 fully saturated rings. The third kappa shape index (κ3) is 4.89. The molecule has 0 saturated carbocycles. The van der Waals surface area contributed by atoms with E-state index in [1.807, 2.05) is 6.07 Å². The molecule has 1 aromatic carbocycles. The molecule has 0 spiro atoms. The van der Waals surface area contributed by atoms with Crippen LogP contribution in [-0.4, -0.2) is 42.4 Å². The van der Waals surface area contributed by atoms with Gasteiger partial charge in [-0.2, -0.15) is 0 Å². The molecule has 2 heterocycles. The first-order valence-corrected chi connectivity index (χ1v) is 8.85. The highest BCUT2D eigenvalue weighted by Gasteiger charge is 2.29. The van der Waals surface area contributed by atoms with Crippen LogP contribution >= 0.6 is 0 Å². The summed E-state index contributed by atoms with van der Waals surface area (Å²) in [5, 5.41) is 3.75. The number of pyridine rings is 1. The summed E-state index contributed by atoms with van der Waals surface area (Å²) in [7, 11) is 2.94. The molecule has 3 rings (SSSR count). The van der Waals surface area contributed by atoms with Crippen molar-refractivity contribution in [2.45, 2.75) is 32.3 Å². The number of aromatic nitrogens is 1. The van der Waals surface area contributed by atoms with Crippen molar-refractivity contribution in [1.82, 2.24) is 10.0 Å². The summed E-state index contributed by atoms with van der Waals surface area (Å²) < 4.78 is 11.6. The lowest BCUT2D eigenvalue weighted by Gasteiger charge is -2.16. The number of amides is 2. The molecule has 0 unspecified atom stereocenters. The Morgan fingerprint density at radius 1 is 1.33 bits per heavy atom. The van der Waals surface area contributed by atoms with Gasteiger partial charge in [0.25, 0.3) is 0 Å². The number of nitrogens with zero attached hydrogens (tertiary/aromatic N) is 2. The molecule has 1 N–H and O–H groups in total. The lowest BCUT2D eigenvalue weighted by Crippen LogP contribution is -2.30. The SMILES string of the molecule is CON(C)C(=O)Nc1ccc(OCCc2ccc3c(c2)CC(C)(C)O3)nc1. The van der Waals surface area contributed by atoms with E-state index in [0.29, 0.717) is 18.2 Å². The molecule has 7 nitrogen and oxygen atoms in total. The minimum atomic E-state index is -0.378. The van der Waals surface area contributed by atoms with Crippen molar-refractivity contribution in [3.05, 3.63) is 47.7 Å². The van der Waals surface area contributed by atoms with E-state index >= 15 is 0 Å². The van der Waals surface area contributed by atoms with Crippen LogP contribution in [0.15, 0.2) is 36.5 Å². The number of carbonyl (C=O) groups is 1. The molecule has 7 heteroatoms. The second-order valence-electron chi connectivity index (χ2n) is 7.07. The fraction of sp³-hybridized carbons (Fsp3) is 0.400. The van der Waals surface area contributed by atoms with Crippen LogP contribution in [0.1, 0.15) is 25.0 Å². The normalized spacial score (nSPS) is 14.2. The van der Waals surface area contributed by atoms with Gasteiger partial charge in [0.1, 0.15) is 11.4 Å². The Morgan fingerprint density at radius 2 is 2.15 bits per heavy atom. The van der Waals surface area contributed by atoms with Crippen LogP contribution in [-0.2, 0) is 17.7 Å². The minimum absolute atomic E-state index is 0.128. The number of benzene rings is 1. The maximum Gasteiger partial charge on any atom is 0.345 e. The summed E-state index contributed by atoms with van der Waals surface area (Å²) >= 11 is 0. The zero-order valence-electron chi connectivity index (χ0n) is 16.1. The van der Waals surface area contributed by atoms with E-state index in [0.717, 1.165) is 23.7 Å². The van der Waals surface area contributed by atoms with Crippen molar-refractivity contribution in [2.24, 2.45) is 0 Å². The molecule has 0 bridgehead atoms. The van der Waals surface area contributed by atoms with Crippen LogP contribution in [0, 0.1) is 0 Å². The molecule has 0 saturated heterocycles. The Bertz CT molecular complexity index is 805. The van der Waals surface area contributed by atoms with Gasteiger partial charge < -0.3 is 14.8 Å². The number of ether oxygens (including phenoxy) is 2. The van der Waals surface area contributed by atoms with E-state index in [9.17, 15) is 4.79 Å². The van der Waals surface area contributed by atoms with Crippen molar-refractivity contribution < 1.29 is 19.1 Å². The van der Waals surface area contributed by atoms with E-state index in [2.05, 4.69) is 36.3 Å². The second kappa shape index (κ2) is 7.84. The van der Waals surface area contributed by atoms with Crippen LogP contribution < -0.4 is 14.8 Å². The van der Waals surface area contributed by atoms with Gasteiger partial charge in [0.05, 0.1) is 25.6 Å². The summed E-state index contributed by atoms with van der Waals surface area (Å²) in [6.45, 7) is 4.72. The van der Waals surface area contributed by atoms with Crippen molar-refractivity contribution in [3.8, 4) is 11.6 Å². The number of hydrogen-bond acceptors (Lipinski definition) is 5. The Labute approximate surface area is 159 Å². The number of urea groups is 1. The molecule has 27 heavy (non-hydrogen) atoms. The van der Waals surface area contributed by atoms with E-state index < -0.39 is 0 Å². The molecule has 0 radical (unpaired) electrons. The number of hydroxylamine groups is 2. The van der Waals surface area contributed by atoms with E-state index in [4.69, 9.17) is 14.3 Å². The summed E-state index contributed by atoms with van der Waals surface area (Å²) in [5.41, 5.74) is 2.90. The average molecular weight is 371 g/mol. The maximum absolute atomic E-state index is 11.7. The van der Waals surface area contributed by atoms with Crippen LogP contribution in [0.25, 0.3) is 0 Å². The van der Waals surface area contributed by atoms with Crippen molar-refractivity contribution >= 4 is 11.7 Å². The predicted molar refractivity (Wildman–Crippen MR) is 102 cm³/mol. The zero-order valence-corrected chi connectivity index (χ0v) is 16.1. The number of nitrogens with one attached hydrogen (secondary N) is 1. The molecule has 2 amide bonds. The smallest absolute Gasteiger partial charge is 0.345 e. The zero-order chi connectivity index (χ0) is 19.4. The van der Waals surface area contributed by atoms with E-state index in [1.165, 1.54) is 25.3 Å².